The van der Waals surface area contributed by atoms with Gasteiger partial charge in [-0.2, -0.15) is 11.8 Å². The minimum atomic E-state index is -0.423. The summed E-state index contributed by atoms with van der Waals surface area (Å²) < 4.78 is 5.37. The number of hydrogen-bond acceptors (Lipinski definition) is 4. The normalized spacial score (nSPS) is 22.7. The summed E-state index contributed by atoms with van der Waals surface area (Å²) in [6, 6.07) is 0. The SMILES string of the molecule is CCNC(CSCC1CCCC1)(C(=O)OCC)C1CC1. The molecule has 0 aromatic heterocycles. The van der Waals surface area contributed by atoms with Crippen molar-refractivity contribution in [1.29, 1.82) is 0 Å². The van der Waals surface area contributed by atoms with E-state index in [4.69, 9.17) is 4.74 Å². The molecule has 4 heteroatoms. The summed E-state index contributed by atoms with van der Waals surface area (Å²) in [5.74, 6) is 3.42. The summed E-state index contributed by atoms with van der Waals surface area (Å²) in [5, 5.41) is 3.47. The van der Waals surface area contributed by atoms with Gasteiger partial charge in [0.2, 0.25) is 0 Å². The van der Waals surface area contributed by atoms with Crippen LogP contribution in [0.5, 0.6) is 0 Å². The molecule has 2 fully saturated rings. The molecule has 3 nitrogen and oxygen atoms in total. The van der Waals surface area contributed by atoms with Crippen LogP contribution in [-0.2, 0) is 9.53 Å². The Labute approximate surface area is 127 Å². The number of ether oxygens (including phenoxy) is 1. The maximum absolute atomic E-state index is 12.5. The molecular weight excluding hydrogens is 270 g/mol. The van der Waals surface area contributed by atoms with Gasteiger partial charge in [0.25, 0.3) is 0 Å². The Morgan fingerprint density at radius 3 is 2.50 bits per heavy atom. The summed E-state index contributed by atoms with van der Waals surface area (Å²) in [5.41, 5.74) is -0.423. The zero-order valence-electron chi connectivity index (χ0n) is 13.0. The molecule has 0 aromatic carbocycles. The molecule has 116 valence electrons. The second-order valence-corrected chi connectivity index (χ2v) is 7.19. The molecule has 1 N–H and O–H groups in total. The van der Waals surface area contributed by atoms with E-state index in [1.54, 1.807) is 0 Å². The minimum absolute atomic E-state index is 0.0247. The number of nitrogens with one attached hydrogen (secondary N) is 1. The van der Waals surface area contributed by atoms with Crippen LogP contribution in [0.4, 0.5) is 0 Å². The van der Waals surface area contributed by atoms with Crippen molar-refractivity contribution in [3.05, 3.63) is 0 Å². The molecule has 2 saturated carbocycles. The fourth-order valence-corrected chi connectivity index (χ4v) is 4.89. The summed E-state index contributed by atoms with van der Waals surface area (Å²) in [6.07, 6.45) is 7.87. The number of thioether (sulfide) groups is 1. The third-order valence-corrected chi connectivity index (χ3v) is 5.93. The topological polar surface area (TPSA) is 38.3 Å². The maximum atomic E-state index is 12.5. The Kier molecular flexibility index (Phi) is 6.21. The highest BCUT2D eigenvalue weighted by atomic mass is 32.2. The molecule has 20 heavy (non-hydrogen) atoms. The second kappa shape index (κ2) is 7.69. The Hall–Kier alpha value is -0.220. The lowest BCUT2D eigenvalue weighted by molar-refractivity contribution is -0.151. The zero-order chi connectivity index (χ0) is 14.4. The molecule has 2 aliphatic carbocycles. The molecule has 0 radical (unpaired) electrons. The van der Waals surface area contributed by atoms with Crippen molar-refractivity contribution in [1.82, 2.24) is 5.32 Å². The van der Waals surface area contributed by atoms with E-state index in [1.807, 2.05) is 18.7 Å². The van der Waals surface area contributed by atoms with Gasteiger partial charge in [-0.1, -0.05) is 19.8 Å². The van der Waals surface area contributed by atoms with Crippen LogP contribution in [0.2, 0.25) is 0 Å². The molecule has 0 aromatic rings. The van der Waals surface area contributed by atoms with Gasteiger partial charge in [-0.15, -0.1) is 0 Å². The van der Waals surface area contributed by atoms with E-state index in [0.717, 1.165) is 31.1 Å². The number of likely N-dealkylation sites (N-methyl/N-ethyl adjacent to an activating group) is 1. The Morgan fingerprint density at radius 2 is 1.95 bits per heavy atom. The first-order valence-corrected chi connectivity index (χ1v) is 9.38. The van der Waals surface area contributed by atoms with Crippen molar-refractivity contribution in [3.63, 3.8) is 0 Å². The van der Waals surface area contributed by atoms with Gasteiger partial charge in [-0.3, -0.25) is 4.79 Å². The molecular formula is C16H29NO2S. The average Bonchev–Trinajstić information content (AvgIpc) is 3.16. The highest BCUT2D eigenvalue weighted by molar-refractivity contribution is 7.99. The van der Waals surface area contributed by atoms with Gasteiger partial charge in [-0.25, -0.2) is 0 Å². The summed E-state index contributed by atoms with van der Waals surface area (Å²) in [6.45, 7) is 5.29. The van der Waals surface area contributed by atoms with Crippen molar-refractivity contribution >= 4 is 17.7 Å². The minimum Gasteiger partial charge on any atom is -0.465 e. The van der Waals surface area contributed by atoms with E-state index in [-0.39, 0.29) is 5.97 Å². The van der Waals surface area contributed by atoms with E-state index >= 15 is 0 Å². The van der Waals surface area contributed by atoms with Crippen molar-refractivity contribution in [2.24, 2.45) is 11.8 Å². The maximum Gasteiger partial charge on any atom is 0.327 e. The molecule has 0 heterocycles. The zero-order valence-corrected chi connectivity index (χ0v) is 13.8. The van der Waals surface area contributed by atoms with Gasteiger partial charge >= 0.3 is 5.97 Å². The van der Waals surface area contributed by atoms with Gasteiger partial charge in [0.1, 0.15) is 5.54 Å². The van der Waals surface area contributed by atoms with Crippen LogP contribution in [0.15, 0.2) is 0 Å². The molecule has 0 bridgehead atoms. The van der Waals surface area contributed by atoms with Gasteiger partial charge in [0.05, 0.1) is 6.61 Å². The molecule has 2 rings (SSSR count). The fourth-order valence-electron chi connectivity index (χ4n) is 3.33. The molecule has 0 saturated heterocycles. The van der Waals surface area contributed by atoms with E-state index < -0.39 is 5.54 Å². The van der Waals surface area contributed by atoms with E-state index in [9.17, 15) is 4.79 Å². The summed E-state index contributed by atoms with van der Waals surface area (Å²) in [4.78, 5) is 12.5. The quantitative estimate of drug-likeness (QED) is 0.663. The molecule has 0 amide bonds. The largest absolute Gasteiger partial charge is 0.465 e. The Balaban J connectivity index is 1.91. The third-order valence-electron chi connectivity index (χ3n) is 4.56. The Bertz CT molecular complexity index is 314. The highest BCUT2D eigenvalue weighted by Gasteiger charge is 2.51. The first-order valence-electron chi connectivity index (χ1n) is 8.23. The van der Waals surface area contributed by atoms with Crippen LogP contribution < -0.4 is 5.32 Å². The van der Waals surface area contributed by atoms with Crippen molar-refractivity contribution in [3.8, 4) is 0 Å². The number of carbonyl (C=O) groups excluding carboxylic acids is 1. The first-order chi connectivity index (χ1) is 9.73. The van der Waals surface area contributed by atoms with Gasteiger partial charge in [-0.05, 0) is 56.7 Å². The van der Waals surface area contributed by atoms with Crippen LogP contribution in [0, 0.1) is 11.8 Å². The Morgan fingerprint density at radius 1 is 1.25 bits per heavy atom. The summed E-state index contributed by atoms with van der Waals surface area (Å²) >= 11 is 1.96. The second-order valence-electron chi connectivity index (χ2n) is 6.16. The van der Waals surface area contributed by atoms with Gasteiger partial charge in [0.15, 0.2) is 0 Å². The van der Waals surface area contributed by atoms with E-state index in [2.05, 4.69) is 12.2 Å². The lowest BCUT2D eigenvalue weighted by Gasteiger charge is -2.32. The number of rotatable bonds is 9. The van der Waals surface area contributed by atoms with E-state index in [0.29, 0.717) is 12.5 Å². The van der Waals surface area contributed by atoms with E-state index in [1.165, 1.54) is 31.4 Å². The molecule has 2 aliphatic rings. The van der Waals surface area contributed by atoms with Crippen molar-refractivity contribution in [2.45, 2.75) is 57.9 Å². The predicted molar refractivity (Wildman–Crippen MR) is 85.0 cm³/mol. The van der Waals surface area contributed by atoms with Crippen LogP contribution in [0.25, 0.3) is 0 Å². The van der Waals surface area contributed by atoms with Gasteiger partial charge in [0, 0.05) is 5.75 Å². The van der Waals surface area contributed by atoms with Crippen LogP contribution in [-0.4, -0.2) is 36.2 Å². The monoisotopic (exact) mass is 299 g/mol. The molecule has 0 aliphatic heterocycles. The molecule has 1 unspecified atom stereocenters. The first kappa shape index (κ1) is 16.2. The van der Waals surface area contributed by atoms with Crippen LogP contribution in [0.1, 0.15) is 52.4 Å². The lowest BCUT2D eigenvalue weighted by atomic mass is 9.95. The third kappa shape index (κ3) is 3.91. The summed E-state index contributed by atoms with van der Waals surface area (Å²) in [7, 11) is 0. The number of hydrogen-bond donors (Lipinski definition) is 1. The predicted octanol–water partition coefficient (Wildman–Crippen LogP) is 3.23. The standard InChI is InChI=1S/C16H29NO2S/c1-3-17-16(14-9-10-14,15(18)19-4-2)12-20-11-13-7-5-6-8-13/h13-14,17H,3-12H2,1-2H3. The van der Waals surface area contributed by atoms with Crippen LogP contribution in [0.3, 0.4) is 0 Å². The molecule has 0 spiro atoms. The lowest BCUT2D eigenvalue weighted by Crippen LogP contribution is -2.57. The fraction of sp³-hybridized carbons (Fsp3) is 0.938. The highest BCUT2D eigenvalue weighted by Crippen LogP contribution is 2.43. The van der Waals surface area contributed by atoms with Crippen LogP contribution >= 0.6 is 11.8 Å². The molecule has 1 atom stereocenters. The van der Waals surface area contributed by atoms with Gasteiger partial charge < -0.3 is 10.1 Å². The van der Waals surface area contributed by atoms with Crippen molar-refractivity contribution < 1.29 is 9.53 Å². The number of carbonyl (C=O) groups is 1. The average molecular weight is 299 g/mol. The smallest absolute Gasteiger partial charge is 0.327 e. The van der Waals surface area contributed by atoms with Crippen molar-refractivity contribution in [2.75, 3.05) is 24.7 Å². The number of esters is 1.